The van der Waals surface area contributed by atoms with Crippen molar-refractivity contribution in [3.05, 3.63) is 12.2 Å². The average molecular weight is 297 g/mol. The van der Waals surface area contributed by atoms with Gasteiger partial charge in [-0.25, -0.2) is 4.79 Å². The van der Waals surface area contributed by atoms with Gasteiger partial charge in [0.25, 0.3) is 0 Å². The van der Waals surface area contributed by atoms with Crippen LogP contribution in [0.5, 0.6) is 0 Å². The summed E-state index contributed by atoms with van der Waals surface area (Å²) in [7, 11) is 0. The van der Waals surface area contributed by atoms with Gasteiger partial charge in [0.05, 0.1) is 5.84 Å². The topological polar surface area (TPSA) is 102 Å². The minimum Gasteiger partial charge on any atom is -0.480 e. The molecule has 0 rings (SSSR count). The largest absolute Gasteiger partial charge is 0.480 e. The Morgan fingerprint density at radius 2 is 1.95 bits per heavy atom. The van der Waals surface area contributed by atoms with E-state index < -0.39 is 12.0 Å². The molecule has 5 N–H and O–H groups in total. The van der Waals surface area contributed by atoms with Gasteiger partial charge in [0.15, 0.2) is 0 Å². The lowest BCUT2D eigenvalue weighted by molar-refractivity contribution is -0.138. The minimum atomic E-state index is -0.918. The van der Waals surface area contributed by atoms with E-state index in [2.05, 4.69) is 18.0 Å². The van der Waals surface area contributed by atoms with E-state index in [4.69, 9.17) is 16.6 Å². The molecule has 5 heteroatoms. The van der Waals surface area contributed by atoms with Gasteiger partial charge in [0.1, 0.15) is 6.04 Å². The number of rotatable bonds is 13. The molecular weight excluding hydrogens is 266 g/mol. The van der Waals surface area contributed by atoms with Crippen LogP contribution in [0.2, 0.25) is 0 Å². The highest BCUT2D eigenvalue weighted by molar-refractivity contribution is 5.85. The molecule has 0 aromatic rings. The first-order valence-electron chi connectivity index (χ1n) is 8.01. The van der Waals surface area contributed by atoms with Gasteiger partial charge in [0.2, 0.25) is 0 Å². The molecule has 0 spiro atoms. The molecule has 0 bridgehead atoms. The van der Waals surface area contributed by atoms with Crippen LogP contribution in [0.1, 0.15) is 64.7 Å². The van der Waals surface area contributed by atoms with Crippen LogP contribution in [0, 0.1) is 0 Å². The van der Waals surface area contributed by atoms with Gasteiger partial charge in [-0.3, -0.25) is 4.99 Å². The molecule has 0 radical (unpaired) electrons. The second-order valence-electron chi connectivity index (χ2n) is 5.28. The number of carbonyl (C=O) groups is 1. The van der Waals surface area contributed by atoms with E-state index >= 15 is 0 Å². The Bertz CT molecular complexity index is 327. The highest BCUT2D eigenvalue weighted by Crippen LogP contribution is 2.06. The molecule has 0 saturated heterocycles. The van der Waals surface area contributed by atoms with Crippen LogP contribution in [0.25, 0.3) is 0 Å². The van der Waals surface area contributed by atoms with Crippen molar-refractivity contribution in [2.75, 3.05) is 6.54 Å². The van der Waals surface area contributed by atoms with E-state index in [0.717, 1.165) is 19.3 Å². The number of carboxylic acids is 1. The van der Waals surface area contributed by atoms with Gasteiger partial charge in [-0.05, 0) is 38.6 Å². The number of amidine groups is 1. The molecule has 0 heterocycles. The van der Waals surface area contributed by atoms with Crippen LogP contribution >= 0.6 is 0 Å². The molecule has 0 saturated carbocycles. The predicted molar refractivity (Wildman–Crippen MR) is 88.5 cm³/mol. The predicted octanol–water partition coefficient (Wildman–Crippen LogP) is 2.84. The van der Waals surface area contributed by atoms with Crippen molar-refractivity contribution in [2.24, 2.45) is 16.5 Å². The first-order valence-corrected chi connectivity index (χ1v) is 8.01. The lowest BCUT2D eigenvalue weighted by Crippen LogP contribution is -2.23. The fraction of sp³-hybridized carbons (Fsp3) is 0.750. The van der Waals surface area contributed by atoms with Crippen molar-refractivity contribution >= 4 is 11.8 Å². The van der Waals surface area contributed by atoms with Crippen molar-refractivity contribution in [1.29, 1.82) is 0 Å². The quantitative estimate of drug-likeness (QED) is 0.210. The maximum Gasteiger partial charge on any atom is 0.328 e. The second-order valence-corrected chi connectivity index (χ2v) is 5.28. The molecule has 0 aliphatic rings. The number of carboxylic acid groups (broad SMARTS) is 1. The number of aliphatic carboxylic acids is 1. The first-order chi connectivity index (χ1) is 10.1. The van der Waals surface area contributed by atoms with Crippen LogP contribution in [0.4, 0.5) is 0 Å². The third kappa shape index (κ3) is 12.1. The molecule has 0 aliphatic heterocycles. The van der Waals surface area contributed by atoms with Gasteiger partial charge in [0, 0.05) is 6.42 Å². The number of hydrogen-bond donors (Lipinski definition) is 3. The second kappa shape index (κ2) is 13.6. The summed E-state index contributed by atoms with van der Waals surface area (Å²) < 4.78 is 0. The highest BCUT2D eigenvalue weighted by Gasteiger charge is 2.15. The van der Waals surface area contributed by atoms with Gasteiger partial charge in [-0.1, -0.05) is 38.3 Å². The Labute approximate surface area is 128 Å². The third-order valence-electron chi connectivity index (χ3n) is 3.26. The molecule has 1 atom stereocenters. The van der Waals surface area contributed by atoms with Gasteiger partial charge < -0.3 is 16.6 Å². The standard InChI is InChI=1S/C16H31N3O2/c1-2-3-4-5-6-7-8-12-15(18)19-14(16(20)21)11-9-10-13-17/h7-8,14H,2-6,9-13,17H2,1H3,(H2,18,19)(H,20,21)/t14-/m0/s1. The lowest BCUT2D eigenvalue weighted by atomic mass is 10.1. The maximum atomic E-state index is 11.1. The molecule has 0 aliphatic carbocycles. The van der Waals surface area contributed by atoms with Crippen LogP contribution in [-0.2, 0) is 4.79 Å². The summed E-state index contributed by atoms with van der Waals surface area (Å²) in [6, 6.07) is -0.741. The fourth-order valence-corrected chi connectivity index (χ4v) is 1.99. The Morgan fingerprint density at radius 1 is 1.19 bits per heavy atom. The van der Waals surface area contributed by atoms with E-state index in [1.807, 2.05) is 6.08 Å². The number of nitrogens with zero attached hydrogens (tertiary/aromatic N) is 1. The summed E-state index contributed by atoms with van der Waals surface area (Å²) in [4.78, 5) is 15.2. The molecule has 21 heavy (non-hydrogen) atoms. The zero-order valence-corrected chi connectivity index (χ0v) is 13.3. The Hall–Kier alpha value is -1.36. The SMILES string of the molecule is CCCCCCC=CCC(N)=N[C@@H](CCCCN)C(=O)O. The Kier molecular flexibility index (Phi) is 12.7. The van der Waals surface area contributed by atoms with Crippen molar-refractivity contribution in [1.82, 2.24) is 0 Å². The van der Waals surface area contributed by atoms with E-state index in [1.165, 1.54) is 25.7 Å². The molecule has 0 amide bonds. The van der Waals surface area contributed by atoms with Crippen molar-refractivity contribution in [2.45, 2.75) is 70.8 Å². The van der Waals surface area contributed by atoms with Crippen molar-refractivity contribution in [3.8, 4) is 0 Å². The molecule has 5 nitrogen and oxygen atoms in total. The van der Waals surface area contributed by atoms with Gasteiger partial charge in [-0.2, -0.15) is 0 Å². The van der Waals surface area contributed by atoms with Crippen LogP contribution < -0.4 is 11.5 Å². The summed E-state index contributed by atoms with van der Waals surface area (Å²) in [5.74, 6) is -0.529. The molecular formula is C16H31N3O2. The molecule has 0 aromatic heterocycles. The highest BCUT2D eigenvalue weighted by atomic mass is 16.4. The summed E-state index contributed by atoms with van der Waals surface area (Å²) in [5.41, 5.74) is 11.2. The van der Waals surface area contributed by atoms with Crippen LogP contribution in [0.15, 0.2) is 17.1 Å². The Balaban J connectivity index is 4.04. The lowest BCUT2D eigenvalue weighted by Gasteiger charge is -2.08. The average Bonchev–Trinajstić information content (AvgIpc) is 2.45. The Morgan fingerprint density at radius 3 is 2.57 bits per heavy atom. The fourth-order valence-electron chi connectivity index (χ4n) is 1.99. The number of unbranched alkanes of at least 4 members (excludes halogenated alkanes) is 5. The smallest absolute Gasteiger partial charge is 0.328 e. The van der Waals surface area contributed by atoms with E-state index in [9.17, 15) is 4.79 Å². The summed E-state index contributed by atoms with van der Waals surface area (Å²) >= 11 is 0. The number of allylic oxidation sites excluding steroid dienone is 1. The van der Waals surface area contributed by atoms with Crippen LogP contribution in [0.3, 0.4) is 0 Å². The summed E-state index contributed by atoms with van der Waals surface area (Å²) in [6.07, 6.45) is 12.7. The first kappa shape index (κ1) is 19.6. The summed E-state index contributed by atoms with van der Waals surface area (Å²) in [5, 5.41) is 9.10. The van der Waals surface area contributed by atoms with Gasteiger partial charge in [-0.15, -0.1) is 0 Å². The van der Waals surface area contributed by atoms with E-state index in [-0.39, 0.29) is 0 Å². The number of aliphatic imine (C=N–C) groups is 1. The normalized spacial score (nSPS) is 13.7. The molecule has 0 aromatic carbocycles. The van der Waals surface area contributed by atoms with E-state index in [1.54, 1.807) is 0 Å². The van der Waals surface area contributed by atoms with E-state index in [0.29, 0.717) is 25.2 Å². The molecule has 0 unspecified atom stereocenters. The molecule has 0 fully saturated rings. The van der Waals surface area contributed by atoms with Gasteiger partial charge >= 0.3 is 5.97 Å². The molecule has 122 valence electrons. The minimum absolute atomic E-state index is 0.389. The van der Waals surface area contributed by atoms with Crippen LogP contribution in [-0.4, -0.2) is 29.5 Å². The van der Waals surface area contributed by atoms with Crippen molar-refractivity contribution < 1.29 is 9.90 Å². The monoisotopic (exact) mass is 297 g/mol. The number of hydrogen-bond acceptors (Lipinski definition) is 3. The maximum absolute atomic E-state index is 11.1. The third-order valence-corrected chi connectivity index (χ3v) is 3.26. The number of nitrogens with two attached hydrogens (primary N) is 2. The zero-order chi connectivity index (χ0) is 15.9. The van der Waals surface area contributed by atoms with Crippen molar-refractivity contribution in [3.63, 3.8) is 0 Å². The zero-order valence-electron chi connectivity index (χ0n) is 13.3. The summed E-state index contributed by atoms with van der Waals surface area (Å²) in [6.45, 7) is 2.77.